The quantitative estimate of drug-likeness (QED) is 0.164. The summed E-state index contributed by atoms with van der Waals surface area (Å²) in [6, 6.07) is 62.9. The van der Waals surface area contributed by atoms with E-state index in [2.05, 4.69) is 191 Å². The molecule has 0 amide bonds. The molecule has 13 rings (SSSR count). The van der Waals surface area contributed by atoms with Gasteiger partial charge in [-0.2, -0.15) is 0 Å². The molecule has 2 nitrogen and oxygen atoms in total. The zero-order valence-electron chi connectivity index (χ0n) is 34.1. The maximum Gasteiger partial charge on any atom is 0.0972 e. The Morgan fingerprint density at radius 3 is 1.42 bits per heavy atom. The zero-order chi connectivity index (χ0) is 40.1. The van der Waals surface area contributed by atoms with Crippen molar-refractivity contribution >= 4 is 64.9 Å². The fourth-order valence-electron chi connectivity index (χ4n) is 11.1. The molecule has 11 aromatic rings. The summed E-state index contributed by atoms with van der Waals surface area (Å²) in [4.78, 5) is 10.7. The van der Waals surface area contributed by atoms with E-state index in [0.29, 0.717) is 0 Å². The number of hydrogen-bond donors (Lipinski definition) is 0. The highest BCUT2D eigenvalue weighted by atomic mass is 14.8. The van der Waals surface area contributed by atoms with Crippen molar-refractivity contribution in [1.82, 2.24) is 9.97 Å². The molecule has 0 saturated carbocycles. The van der Waals surface area contributed by atoms with Gasteiger partial charge in [0, 0.05) is 32.7 Å². The third kappa shape index (κ3) is 4.43. The predicted octanol–water partition coefficient (Wildman–Crippen LogP) is 15.3. The van der Waals surface area contributed by atoms with E-state index in [0.717, 1.165) is 44.3 Å². The molecule has 2 aliphatic carbocycles. The van der Waals surface area contributed by atoms with Crippen LogP contribution in [0.3, 0.4) is 0 Å². The summed E-state index contributed by atoms with van der Waals surface area (Å²) in [6.07, 6.45) is 0. The standard InChI is InChI=1S/C58H40N2/c1-57(2)48-29-43-39-19-11-9-17-37(39)36-16-8-10-18-38(36)42(43)28-44(48)45-30-50-47(32-49(45)57)54-41-21-13-12-20-40(41)46(31-51(54)58(50,3)4)53-27-25-35-23-22-34-24-26-52(33-14-6-5-7-15-33)59-55(34)56(35)60-53/h5-32H,1-4H3. The fourth-order valence-corrected chi connectivity index (χ4v) is 11.1. The van der Waals surface area contributed by atoms with E-state index in [1.54, 1.807) is 0 Å². The SMILES string of the molecule is CC1(C)c2cc3c(cc2-c2cc4c5ccccc5c5ccccc5c4cc21)C(C)(C)c1cc(-c2ccc4ccc5ccc(-c6ccccc6)nc5c4n2)c2ccccc2c1-3. The van der Waals surface area contributed by atoms with E-state index in [-0.39, 0.29) is 10.8 Å². The van der Waals surface area contributed by atoms with E-state index in [1.807, 2.05) is 6.07 Å². The lowest BCUT2D eigenvalue weighted by Crippen LogP contribution is -2.17. The molecule has 60 heavy (non-hydrogen) atoms. The topological polar surface area (TPSA) is 25.8 Å². The van der Waals surface area contributed by atoms with Gasteiger partial charge in [0.15, 0.2) is 0 Å². The van der Waals surface area contributed by atoms with Gasteiger partial charge in [-0.1, -0.05) is 155 Å². The summed E-state index contributed by atoms with van der Waals surface area (Å²) in [5, 5.41) is 12.6. The van der Waals surface area contributed by atoms with Crippen LogP contribution >= 0.6 is 0 Å². The van der Waals surface area contributed by atoms with Crippen LogP contribution in [0.4, 0.5) is 0 Å². The van der Waals surface area contributed by atoms with E-state index < -0.39 is 0 Å². The smallest absolute Gasteiger partial charge is 0.0972 e. The number of rotatable bonds is 2. The second-order valence-corrected chi connectivity index (χ2v) is 18.1. The van der Waals surface area contributed by atoms with Gasteiger partial charge in [-0.3, -0.25) is 0 Å². The lowest BCUT2D eigenvalue weighted by atomic mass is 9.79. The Balaban J connectivity index is 1.02. The van der Waals surface area contributed by atoms with Crippen LogP contribution in [-0.4, -0.2) is 9.97 Å². The number of aromatic nitrogens is 2. The van der Waals surface area contributed by atoms with Crippen molar-refractivity contribution in [2.45, 2.75) is 38.5 Å². The van der Waals surface area contributed by atoms with Crippen LogP contribution in [0, 0.1) is 0 Å². The van der Waals surface area contributed by atoms with Crippen LogP contribution < -0.4 is 0 Å². The maximum atomic E-state index is 5.48. The average Bonchev–Trinajstić information content (AvgIpc) is 3.65. The highest BCUT2D eigenvalue weighted by Crippen LogP contribution is 2.59. The van der Waals surface area contributed by atoms with Gasteiger partial charge >= 0.3 is 0 Å². The molecule has 0 spiro atoms. The molecule has 2 aromatic heterocycles. The summed E-state index contributed by atoms with van der Waals surface area (Å²) in [5.41, 5.74) is 16.6. The predicted molar refractivity (Wildman–Crippen MR) is 253 cm³/mol. The van der Waals surface area contributed by atoms with Crippen LogP contribution in [0.25, 0.3) is 110 Å². The van der Waals surface area contributed by atoms with Gasteiger partial charge in [-0.25, -0.2) is 9.97 Å². The minimum atomic E-state index is -0.235. The second-order valence-electron chi connectivity index (χ2n) is 18.1. The van der Waals surface area contributed by atoms with E-state index in [9.17, 15) is 0 Å². The second kappa shape index (κ2) is 11.7. The van der Waals surface area contributed by atoms with Crippen molar-refractivity contribution in [3.8, 4) is 44.8 Å². The lowest BCUT2D eigenvalue weighted by Gasteiger charge is -2.24. The molecule has 0 bridgehead atoms. The monoisotopic (exact) mass is 764 g/mol. The summed E-state index contributed by atoms with van der Waals surface area (Å²) < 4.78 is 0. The lowest BCUT2D eigenvalue weighted by molar-refractivity contribution is 0.652. The molecule has 0 fully saturated rings. The molecule has 0 saturated heterocycles. The molecule has 0 aliphatic heterocycles. The molecule has 0 atom stereocenters. The molecule has 0 radical (unpaired) electrons. The largest absolute Gasteiger partial charge is 0.245 e. The number of benzene rings is 9. The summed E-state index contributed by atoms with van der Waals surface area (Å²) in [5.74, 6) is 0. The van der Waals surface area contributed by atoms with Gasteiger partial charge in [0.05, 0.1) is 22.4 Å². The fraction of sp³-hybridized carbons (Fsp3) is 0.103. The Kier molecular flexibility index (Phi) is 6.61. The van der Waals surface area contributed by atoms with Gasteiger partial charge in [-0.15, -0.1) is 0 Å². The highest BCUT2D eigenvalue weighted by Gasteiger charge is 2.43. The van der Waals surface area contributed by atoms with E-state index in [4.69, 9.17) is 9.97 Å². The first-order valence-corrected chi connectivity index (χ1v) is 21.2. The van der Waals surface area contributed by atoms with Gasteiger partial charge in [0.25, 0.3) is 0 Å². The molecule has 0 unspecified atom stereocenters. The van der Waals surface area contributed by atoms with Crippen LogP contribution in [0.15, 0.2) is 170 Å². The Morgan fingerprint density at radius 2 is 0.750 bits per heavy atom. The van der Waals surface area contributed by atoms with E-state index >= 15 is 0 Å². The molecule has 2 heteroatoms. The molecular weight excluding hydrogens is 725 g/mol. The van der Waals surface area contributed by atoms with Crippen molar-refractivity contribution in [3.05, 3.63) is 192 Å². The molecule has 2 heterocycles. The molecule has 2 aliphatic rings. The molecule has 0 N–H and O–H groups in total. The summed E-state index contributed by atoms with van der Waals surface area (Å²) in [6.45, 7) is 9.68. The van der Waals surface area contributed by atoms with Crippen molar-refractivity contribution in [1.29, 1.82) is 0 Å². The number of nitrogens with zero attached hydrogens (tertiary/aromatic N) is 2. The first-order valence-electron chi connectivity index (χ1n) is 21.2. The molecule has 9 aromatic carbocycles. The van der Waals surface area contributed by atoms with Crippen LogP contribution in [-0.2, 0) is 10.8 Å². The molecule has 282 valence electrons. The van der Waals surface area contributed by atoms with Crippen molar-refractivity contribution in [2.24, 2.45) is 0 Å². The van der Waals surface area contributed by atoms with Crippen molar-refractivity contribution in [2.75, 3.05) is 0 Å². The van der Waals surface area contributed by atoms with E-state index in [1.165, 1.54) is 87.6 Å². The number of hydrogen-bond acceptors (Lipinski definition) is 2. The average molecular weight is 765 g/mol. The normalized spacial score (nSPS) is 14.6. The number of pyridine rings is 2. The first kappa shape index (κ1) is 33.8. The van der Waals surface area contributed by atoms with Gasteiger partial charge in [-0.05, 0) is 130 Å². The summed E-state index contributed by atoms with van der Waals surface area (Å²) >= 11 is 0. The third-order valence-electron chi connectivity index (χ3n) is 14.2. The van der Waals surface area contributed by atoms with Gasteiger partial charge < -0.3 is 0 Å². The maximum absolute atomic E-state index is 5.48. The Hall–Kier alpha value is -7.16. The Morgan fingerprint density at radius 1 is 0.317 bits per heavy atom. The highest BCUT2D eigenvalue weighted by molar-refractivity contribution is 6.26. The van der Waals surface area contributed by atoms with Crippen LogP contribution in [0.1, 0.15) is 49.9 Å². The molecular formula is C58H40N2. The minimum absolute atomic E-state index is 0.171. The number of fused-ring (bicyclic) bond motifs is 17. The third-order valence-corrected chi connectivity index (χ3v) is 14.2. The van der Waals surface area contributed by atoms with Crippen LogP contribution in [0.5, 0.6) is 0 Å². The Labute approximate surface area is 348 Å². The minimum Gasteiger partial charge on any atom is -0.245 e. The van der Waals surface area contributed by atoms with Crippen molar-refractivity contribution in [3.63, 3.8) is 0 Å². The first-order chi connectivity index (χ1) is 29.3. The summed E-state index contributed by atoms with van der Waals surface area (Å²) in [7, 11) is 0. The van der Waals surface area contributed by atoms with Gasteiger partial charge in [0.2, 0.25) is 0 Å². The Bertz CT molecular complexity index is 3700. The zero-order valence-corrected chi connectivity index (χ0v) is 34.1. The van der Waals surface area contributed by atoms with Crippen molar-refractivity contribution < 1.29 is 0 Å². The van der Waals surface area contributed by atoms with Crippen LogP contribution in [0.2, 0.25) is 0 Å². The van der Waals surface area contributed by atoms with Gasteiger partial charge in [0.1, 0.15) is 0 Å².